The largest absolute Gasteiger partial charge is 0.268 e. The molecule has 3 heteroatoms. The first-order valence-corrected chi connectivity index (χ1v) is 8.58. The molecule has 3 aromatic carbocycles. The van der Waals surface area contributed by atoms with Gasteiger partial charge in [-0.15, -0.1) is 0 Å². The van der Waals surface area contributed by atoms with Gasteiger partial charge in [-0.25, -0.2) is 4.98 Å². The normalized spacial score (nSPS) is 12.6. The van der Waals surface area contributed by atoms with Crippen LogP contribution < -0.4 is 10.8 Å². The van der Waals surface area contributed by atoms with Crippen LogP contribution in [0.5, 0.6) is 0 Å². The van der Waals surface area contributed by atoms with E-state index in [0.29, 0.717) is 5.65 Å². The summed E-state index contributed by atoms with van der Waals surface area (Å²) in [4.78, 5) is 18.2. The summed E-state index contributed by atoms with van der Waals surface area (Å²) < 4.78 is 1.75. The van der Waals surface area contributed by atoms with E-state index >= 15 is 0 Å². The highest BCUT2D eigenvalue weighted by atomic mass is 16.1. The van der Waals surface area contributed by atoms with Gasteiger partial charge in [0, 0.05) is 27.2 Å². The van der Waals surface area contributed by atoms with E-state index in [9.17, 15) is 4.79 Å². The number of hydrogen-bond acceptors (Lipinski definition) is 2. The molecule has 0 saturated carbocycles. The molecule has 3 nitrogen and oxygen atoms in total. The molecular weight excluding hydrogens is 320 g/mol. The number of hydrogen-bond donors (Lipinski definition) is 0. The van der Waals surface area contributed by atoms with Crippen LogP contribution in [0.25, 0.3) is 44.2 Å². The number of aryl methyl sites for hydroxylation is 1. The SMILES string of the molecule is C=C/C=c1/cccc2nc3c4cccc5cccc(c(=O)n3c(C)c12)c54. The van der Waals surface area contributed by atoms with E-state index in [1.54, 1.807) is 10.5 Å². The van der Waals surface area contributed by atoms with Gasteiger partial charge in [0.25, 0.3) is 5.56 Å². The van der Waals surface area contributed by atoms with Gasteiger partial charge in [0.1, 0.15) is 5.65 Å². The molecule has 0 N–H and O–H groups in total. The molecule has 0 bridgehead atoms. The van der Waals surface area contributed by atoms with E-state index in [4.69, 9.17) is 4.98 Å². The molecule has 0 radical (unpaired) electrons. The zero-order valence-corrected chi connectivity index (χ0v) is 14.4. The van der Waals surface area contributed by atoms with Crippen molar-refractivity contribution in [3.63, 3.8) is 0 Å². The standard InChI is InChI=1S/C23H16N2O/c1-3-7-15-10-6-13-19-20(15)14(2)25-22(24-19)17-11-4-8-16-9-5-12-18(21(16)17)23(25)26/h3-13H,1H2,2H3/b15-7-. The molecule has 2 aromatic heterocycles. The van der Waals surface area contributed by atoms with Crippen LogP contribution in [0.15, 0.2) is 72.0 Å². The average Bonchev–Trinajstić information content (AvgIpc) is 2.66. The van der Waals surface area contributed by atoms with Gasteiger partial charge in [0.05, 0.1) is 5.52 Å². The van der Waals surface area contributed by atoms with Crippen LogP contribution in [-0.2, 0) is 0 Å². The fraction of sp³-hybridized carbons (Fsp3) is 0.0435. The third-order valence-corrected chi connectivity index (χ3v) is 5.09. The second kappa shape index (κ2) is 5.27. The molecule has 0 aliphatic carbocycles. The van der Waals surface area contributed by atoms with E-state index in [1.165, 1.54) is 0 Å². The number of rotatable bonds is 1. The van der Waals surface area contributed by atoms with Crippen LogP contribution in [-0.4, -0.2) is 9.38 Å². The molecule has 0 aliphatic rings. The van der Waals surface area contributed by atoms with Gasteiger partial charge in [0.2, 0.25) is 0 Å². The first-order valence-electron chi connectivity index (χ1n) is 8.58. The number of aromatic nitrogens is 2. The van der Waals surface area contributed by atoms with Crippen LogP contribution >= 0.6 is 0 Å². The fourth-order valence-electron chi connectivity index (χ4n) is 4.00. The van der Waals surface area contributed by atoms with Crippen molar-refractivity contribution in [2.24, 2.45) is 0 Å². The van der Waals surface area contributed by atoms with Crippen molar-refractivity contribution in [2.45, 2.75) is 6.92 Å². The maximum atomic E-state index is 13.3. The molecule has 0 unspecified atom stereocenters. The highest BCUT2D eigenvalue weighted by Gasteiger charge is 2.15. The van der Waals surface area contributed by atoms with Crippen molar-refractivity contribution in [3.8, 4) is 0 Å². The van der Waals surface area contributed by atoms with Crippen LogP contribution in [0, 0.1) is 6.92 Å². The number of pyridine rings is 1. The van der Waals surface area contributed by atoms with Crippen molar-refractivity contribution in [1.82, 2.24) is 9.38 Å². The predicted octanol–water partition coefficient (Wildman–Crippen LogP) is 4.15. The highest BCUT2D eigenvalue weighted by Crippen LogP contribution is 2.28. The topological polar surface area (TPSA) is 34.4 Å². The van der Waals surface area contributed by atoms with Gasteiger partial charge < -0.3 is 0 Å². The maximum absolute atomic E-state index is 13.3. The summed E-state index contributed by atoms with van der Waals surface area (Å²) in [7, 11) is 0. The summed E-state index contributed by atoms with van der Waals surface area (Å²) >= 11 is 0. The molecule has 0 saturated heterocycles. The monoisotopic (exact) mass is 336 g/mol. The van der Waals surface area contributed by atoms with Gasteiger partial charge in [0.15, 0.2) is 0 Å². The summed E-state index contributed by atoms with van der Waals surface area (Å²) in [5.74, 6) is 0. The molecule has 0 aliphatic heterocycles. The minimum absolute atomic E-state index is 0.0235. The Morgan fingerprint density at radius 3 is 2.46 bits per heavy atom. The van der Waals surface area contributed by atoms with Crippen LogP contribution in [0.1, 0.15) is 5.69 Å². The Hall–Kier alpha value is -3.46. The summed E-state index contributed by atoms with van der Waals surface area (Å²) in [5, 5.41) is 5.78. The Kier molecular flexibility index (Phi) is 3.01. The van der Waals surface area contributed by atoms with E-state index in [1.807, 2.05) is 67.6 Å². The van der Waals surface area contributed by atoms with Crippen molar-refractivity contribution < 1.29 is 0 Å². The number of benzene rings is 3. The van der Waals surface area contributed by atoms with Gasteiger partial charge in [-0.05, 0) is 29.7 Å². The summed E-state index contributed by atoms with van der Waals surface area (Å²) in [6, 6.07) is 18.0. The molecule has 26 heavy (non-hydrogen) atoms. The molecule has 5 aromatic rings. The number of nitrogens with zero attached hydrogens (tertiary/aromatic N) is 2. The van der Waals surface area contributed by atoms with Gasteiger partial charge in [-0.3, -0.25) is 9.20 Å². The summed E-state index contributed by atoms with van der Waals surface area (Å²) in [6.07, 6.45) is 3.71. The van der Waals surface area contributed by atoms with Crippen molar-refractivity contribution in [3.05, 3.63) is 88.5 Å². The average molecular weight is 336 g/mol. The second-order valence-electron chi connectivity index (χ2n) is 6.51. The second-order valence-corrected chi connectivity index (χ2v) is 6.51. The molecule has 0 atom stereocenters. The van der Waals surface area contributed by atoms with Crippen LogP contribution in [0.3, 0.4) is 0 Å². The number of allylic oxidation sites excluding steroid dienone is 1. The lowest BCUT2D eigenvalue weighted by Gasteiger charge is -2.13. The van der Waals surface area contributed by atoms with Crippen molar-refractivity contribution in [1.29, 1.82) is 0 Å². The minimum Gasteiger partial charge on any atom is -0.268 e. The maximum Gasteiger partial charge on any atom is 0.264 e. The Morgan fingerprint density at radius 2 is 1.69 bits per heavy atom. The van der Waals surface area contributed by atoms with Gasteiger partial charge in [-0.1, -0.05) is 61.2 Å². The highest BCUT2D eigenvalue weighted by molar-refractivity contribution is 6.14. The Morgan fingerprint density at radius 1 is 0.962 bits per heavy atom. The number of fused-ring (bicyclic) bond motifs is 3. The lowest BCUT2D eigenvalue weighted by atomic mass is 10.0. The molecule has 0 amide bonds. The first kappa shape index (κ1) is 14.8. The third-order valence-electron chi connectivity index (χ3n) is 5.09. The zero-order chi connectivity index (χ0) is 17.8. The minimum atomic E-state index is -0.0235. The third kappa shape index (κ3) is 1.83. The Bertz CT molecular complexity index is 1470. The van der Waals surface area contributed by atoms with E-state index in [2.05, 4.69) is 6.58 Å². The Labute approximate surface area is 149 Å². The smallest absolute Gasteiger partial charge is 0.264 e. The van der Waals surface area contributed by atoms with Crippen LogP contribution in [0.4, 0.5) is 0 Å². The quantitative estimate of drug-likeness (QED) is 0.340. The van der Waals surface area contributed by atoms with E-state index < -0.39 is 0 Å². The van der Waals surface area contributed by atoms with Crippen molar-refractivity contribution in [2.75, 3.05) is 0 Å². The lowest BCUT2D eigenvalue weighted by molar-refractivity contribution is 1.04. The Balaban J connectivity index is 2.19. The first-order chi connectivity index (χ1) is 12.7. The molecule has 2 heterocycles. The fourth-order valence-corrected chi connectivity index (χ4v) is 4.00. The summed E-state index contributed by atoms with van der Waals surface area (Å²) in [5.41, 5.74) is 2.47. The molecular formula is C23H16N2O. The zero-order valence-electron chi connectivity index (χ0n) is 14.4. The molecule has 0 spiro atoms. The van der Waals surface area contributed by atoms with Gasteiger partial charge >= 0.3 is 0 Å². The van der Waals surface area contributed by atoms with E-state index in [-0.39, 0.29) is 5.56 Å². The predicted molar refractivity (Wildman–Crippen MR) is 109 cm³/mol. The van der Waals surface area contributed by atoms with Crippen molar-refractivity contribution >= 4 is 44.2 Å². The lowest BCUT2D eigenvalue weighted by Crippen LogP contribution is -2.20. The molecule has 124 valence electrons. The molecule has 0 fully saturated rings. The summed E-state index contributed by atoms with van der Waals surface area (Å²) in [6.45, 7) is 5.79. The van der Waals surface area contributed by atoms with Gasteiger partial charge in [-0.2, -0.15) is 0 Å². The molecule has 5 rings (SSSR count). The van der Waals surface area contributed by atoms with E-state index in [0.717, 1.165) is 43.4 Å². The van der Waals surface area contributed by atoms with Crippen LogP contribution in [0.2, 0.25) is 0 Å².